The van der Waals surface area contributed by atoms with Crippen LogP contribution in [0.25, 0.3) is 0 Å². The number of allylic oxidation sites excluding steroid dienone is 2. The number of carbonyl (C=O) groups is 1. The maximum atomic E-state index is 12.8. The molecular weight excluding hydrogens is 424 g/mol. The van der Waals surface area contributed by atoms with E-state index < -0.39 is 17.6 Å². The highest BCUT2D eigenvalue weighted by Crippen LogP contribution is 2.49. The number of fused-ring (bicyclic) bond motifs is 1. The van der Waals surface area contributed by atoms with Crippen molar-refractivity contribution in [3.63, 3.8) is 0 Å². The molecule has 1 aromatic rings. The number of aromatic hydroxyl groups is 1. The van der Waals surface area contributed by atoms with Gasteiger partial charge in [0.1, 0.15) is 23.1 Å². The lowest BCUT2D eigenvalue weighted by Gasteiger charge is -2.41. The summed E-state index contributed by atoms with van der Waals surface area (Å²) in [5.74, 6) is 0.181. The van der Waals surface area contributed by atoms with E-state index >= 15 is 0 Å². The van der Waals surface area contributed by atoms with Crippen LogP contribution in [-0.4, -0.2) is 34.6 Å². The third-order valence-electron chi connectivity index (χ3n) is 6.29. The first-order valence-electron chi connectivity index (χ1n) is 11.6. The Kier molecular flexibility index (Phi) is 9.69. The Morgan fingerprint density at radius 2 is 1.53 bits per heavy atom. The van der Waals surface area contributed by atoms with Gasteiger partial charge in [-0.05, 0) is 25.7 Å². The molecule has 2 rings (SSSR count). The monoisotopic (exact) mass is 462 g/mol. The second kappa shape index (κ2) is 12.2. The van der Waals surface area contributed by atoms with Gasteiger partial charge in [-0.25, -0.2) is 0 Å². The number of primary amides is 1. The summed E-state index contributed by atoms with van der Waals surface area (Å²) in [5.41, 5.74) is 8.25. The summed E-state index contributed by atoms with van der Waals surface area (Å²) in [4.78, 5) is 14.7. The molecule has 1 aromatic carbocycles. The molecule has 5 heteroatoms. The Bertz CT molecular complexity index is 956. The van der Waals surface area contributed by atoms with E-state index in [0.29, 0.717) is 68.5 Å². The van der Waals surface area contributed by atoms with Crippen LogP contribution >= 0.6 is 0 Å². The first-order valence-corrected chi connectivity index (χ1v) is 11.6. The second-order valence-corrected chi connectivity index (χ2v) is 8.62. The van der Waals surface area contributed by atoms with Gasteiger partial charge < -0.3 is 15.6 Å². The van der Waals surface area contributed by atoms with E-state index in [1.807, 2.05) is 17.1 Å². The van der Waals surface area contributed by atoms with Crippen LogP contribution in [0.3, 0.4) is 0 Å². The van der Waals surface area contributed by atoms with Crippen molar-refractivity contribution in [1.29, 1.82) is 0 Å². The fraction of sp³-hybridized carbons (Fsp3) is 0.345. The average Bonchev–Trinajstić information content (AvgIpc) is 2.79. The number of nitrogens with zero attached hydrogens (tertiary/aromatic N) is 1. The maximum Gasteiger partial charge on any atom is 0.239 e. The Hall–Kier alpha value is -3.31. The van der Waals surface area contributed by atoms with Crippen LogP contribution in [-0.2, 0) is 24.1 Å². The predicted molar refractivity (Wildman–Crippen MR) is 141 cm³/mol. The SMILES string of the molecule is C=CCc1c(O)c(C(C(N)=O)N(CC=C)CC=C)c2c(c1CC=C)OC(CC=C)(CC=C)CC2. The van der Waals surface area contributed by atoms with Gasteiger partial charge >= 0.3 is 0 Å². The lowest BCUT2D eigenvalue weighted by atomic mass is 9.79. The summed E-state index contributed by atoms with van der Waals surface area (Å²) < 4.78 is 6.75. The molecule has 1 aliphatic rings. The molecule has 0 bridgehead atoms. The molecule has 1 amide bonds. The number of nitrogens with two attached hydrogens (primary N) is 1. The zero-order valence-electron chi connectivity index (χ0n) is 20.2. The molecule has 0 aliphatic carbocycles. The second-order valence-electron chi connectivity index (χ2n) is 8.62. The van der Waals surface area contributed by atoms with E-state index in [1.165, 1.54) is 0 Å². The average molecular weight is 463 g/mol. The number of rotatable bonds is 15. The molecule has 5 nitrogen and oxygen atoms in total. The fourth-order valence-corrected chi connectivity index (χ4v) is 4.92. The highest BCUT2D eigenvalue weighted by atomic mass is 16.5. The predicted octanol–water partition coefficient (Wildman–Crippen LogP) is 5.27. The molecular formula is C29H38N2O3. The molecule has 0 radical (unpaired) electrons. The van der Waals surface area contributed by atoms with E-state index in [4.69, 9.17) is 10.5 Å². The highest BCUT2D eigenvalue weighted by Gasteiger charge is 2.41. The summed E-state index contributed by atoms with van der Waals surface area (Å²) in [7, 11) is 0. The van der Waals surface area contributed by atoms with Crippen LogP contribution in [0.4, 0.5) is 0 Å². The number of hydrogen-bond donors (Lipinski definition) is 2. The Balaban J connectivity index is 2.92. The lowest BCUT2D eigenvalue weighted by Crippen LogP contribution is -2.42. The number of carbonyl (C=O) groups excluding carboxylic acids is 1. The van der Waals surface area contributed by atoms with Gasteiger partial charge in [0.25, 0.3) is 0 Å². The van der Waals surface area contributed by atoms with Crippen LogP contribution in [0, 0.1) is 0 Å². The Labute approximate surface area is 204 Å². The fourth-order valence-electron chi connectivity index (χ4n) is 4.92. The van der Waals surface area contributed by atoms with Crippen LogP contribution in [0.1, 0.15) is 47.6 Å². The Morgan fingerprint density at radius 3 is 2.00 bits per heavy atom. The molecule has 1 heterocycles. The molecule has 3 N–H and O–H groups in total. The zero-order valence-corrected chi connectivity index (χ0v) is 20.2. The van der Waals surface area contributed by atoms with Gasteiger partial charge in [-0.1, -0.05) is 36.5 Å². The van der Waals surface area contributed by atoms with Crippen molar-refractivity contribution in [2.75, 3.05) is 13.1 Å². The van der Waals surface area contributed by atoms with Gasteiger partial charge in [0.2, 0.25) is 5.91 Å². The highest BCUT2D eigenvalue weighted by molar-refractivity contribution is 5.84. The first kappa shape index (κ1) is 26.9. The van der Waals surface area contributed by atoms with Crippen molar-refractivity contribution in [2.45, 2.75) is 50.2 Å². The van der Waals surface area contributed by atoms with Crippen LogP contribution in [0.5, 0.6) is 11.5 Å². The van der Waals surface area contributed by atoms with Gasteiger partial charge in [-0.3, -0.25) is 9.69 Å². The maximum absolute atomic E-state index is 12.8. The minimum absolute atomic E-state index is 0.0564. The van der Waals surface area contributed by atoms with Gasteiger partial charge in [0, 0.05) is 48.2 Å². The van der Waals surface area contributed by atoms with Crippen molar-refractivity contribution in [3.05, 3.63) is 98.2 Å². The van der Waals surface area contributed by atoms with Crippen molar-refractivity contribution >= 4 is 5.91 Å². The summed E-state index contributed by atoms with van der Waals surface area (Å²) in [5, 5.41) is 11.6. The summed E-state index contributed by atoms with van der Waals surface area (Å²) in [6, 6.07) is -0.874. The van der Waals surface area contributed by atoms with Crippen molar-refractivity contribution in [1.82, 2.24) is 4.90 Å². The summed E-state index contributed by atoms with van der Waals surface area (Å²) in [6.45, 7) is 24.0. The molecule has 1 unspecified atom stereocenters. The molecule has 0 saturated heterocycles. The lowest BCUT2D eigenvalue weighted by molar-refractivity contribution is -0.123. The topological polar surface area (TPSA) is 75.8 Å². The minimum atomic E-state index is -0.874. The van der Waals surface area contributed by atoms with E-state index in [9.17, 15) is 9.90 Å². The molecule has 0 spiro atoms. The first-order chi connectivity index (χ1) is 16.3. The number of hydrogen-bond acceptors (Lipinski definition) is 4. The van der Waals surface area contributed by atoms with E-state index in [1.54, 1.807) is 24.3 Å². The summed E-state index contributed by atoms with van der Waals surface area (Å²) in [6.07, 6.45) is 14.1. The number of benzene rings is 1. The molecule has 0 fully saturated rings. The molecule has 0 saturated carbocycles. The van der Waals surface area contributed by atoms with Crippen molar-refractivity contribution in [3.8, 4) is 11.5 Å². The van der Waals surface area contributed by atoms with Crippen LogP contribution < -0.4 is 10.5 Å². The molecule has 182 valence electrons. The zero-order chi connectivity index (χ0) is 25.3. The van der Waals surface area contributed by atoms with E-state index in [2.05, 4.69) is 39.5 Å². The molecule has 34 heavy (non-hydrogen) atoms. The van der Waals surface area contributed by atoms with Gasteiger partial charge in [-0.15, -0.1) is 39.5 Å². The largest absolute Gasteiger partial charge is 0.507 e. The molecule has 1 aliphatic heterocycles. The Morgan fingerprint density at radius 1 is 0.971 bits per heavy atom. The summed E-state index contributed by atoms with van der Waals surface area (Å²) >= 11 is 0. The standard InChI is InChI=1S/C29H38N2O3/c1-7-13-21-22(14-8-2)27-23(15-18-29(34-27,16-9-3)17-10-4)24(26(21)32)25(28(30)33)31(19-11-5)20-12-6/h7-12,25,32H,1-6,13-20H2,(H2,30,33). The minimum Gasteiger partial charge on any atom is -0.507 e. The van der Waals surface area contributed by atoms with Crippen LogP contribution in [0.15, 0.2) is 75.9 Å². The van der Waals surface area contributed by atoms with E-state index in [-0.39, 0.29) is 5.75 Å². The number of phenols is 1. The molecule has 0 aromatic heterocycles. The van der Waals surface area contributed by atoms with E-state index in [0.717, 1.165) is 11.1 Å². The number of phenolic OH excluding ortho intramolecular Hbond substituents is 1. The van der Waals surface area contributed by atoms with Gasteiger partial charge in [0.05, 0.1) is 0 Å². The number of amides is 1. The third-order valence-corrected chi connectivity index (χ3v) is 6.29. The van der Waals surface area contributed by atoms with Crippen molar-refractivity contribution < 1.29 is 14.6 Å². The normalized spacial score (nSPS) is 14.9. The van der Waals surface area contributed by atoms with Gasteiger partial charge in [0.15, 0.2) is 0 Å². The smallest absolute Gasteiger partial charge is 0.239 e. The van der Waals surface area contributed by atoms with Gasteiger partial charge in [-0.2, -0.15) is 0 Å². The van der Waals surface area contributed by atoms with Crippen LogP contribution in [0.2, 0.25) is 0 Å². The molecule has 1 atom stereocenters. The third kappa shape index (κ3) is 5.42. The number of ether oxygens (including phenoxy) is 1. The quantitative estimate of drug-likeness (QED) is 0.348. The van der Waals surface area contributed by atoms with Crippen molar-refractivity contribution in [2.24, 2.45) is 5.73 Å².